The molecule has 0 N–H and O–H groups in total. The summed E-state index contributed by atoms with van der Waals surface area (Å²) in [4.78, 5) is 14.8. The van der Waals surface area contributed by atoms with Crippen LogP contribution < -0.4 is 0 Å². The number of halogens is 2. The molecule has 1 aliphatic heterocycles. The summed E-state index contributed by atoms with van der Waals surface area (Å²) in [5.74, 6) is -0.0649. The molecular weight excluding hydrogens is 469 g/mol. The van der Waals surface area contributed by atoms with Gasteiger partial charge in [-0.2, -0.15) is 5.10 Å². The fourth-order valence-electron chi connectivity index (χ4n) is 2.75. The van der Waals surface area contributed by atoms with Crippen LogP contribution >= 0.6 is 27.7 Å². The Morgan fingerprint density at radius 3 is 2.77 bits per heavy atom. The predicted molar refractivity (Wildman–Crippen MR) is 120 cm³/mol. The summed E-state index contributed by atoms with van der Waals surface area (Å²) >= 11 is 4.56. The largest absolute Gasteiger partial charge is 0.467 e. The van der Waals surface area contributed by atoms with E-state index in [1.165, 1.54) is 17.0 Å². The second kappa shape index (κ2) is 9.23. The van der Waals surface area contributed by atoms with Crippen molar-refractivity contribution in [2.45, 2.75) is 6.54 Å². The molecule has 1 saturated heterocycles. The Bertz CT molecular complexity index is 1160. The van der Waals surface area contributed by atoms with Gasteiger partial charge in [-0.05, 0) is 53.7 Å². The van der Waals surface area contributed by atoms with Crippen LogP contribution in [0.5, 0.6) is 0 Å². The zero-order valence-electron chi connectivity index (χ0n) is 15.5. The van der Waals surface area contributed by atoms with Gasteiger partial charge in [-0.3, -0.25) is 9.69 Å². The molecule has 0 radical (unpaired) electrons. The normalized spacial score (nSPS) is 17.0. The molecule has 150 valence electrons. The van der Waals surface area contributed by atoms with Crippen molar-refractivity contribution in [3.05, 3.63) is 99.0 Å². The molecule has 0 spiro atoms. The first-order chi connectivity index (χ1) is 14.6. The number of hydrogen-bond donors (Lipinski definition) is 0. The van der Waals surface area contributed by atoms with E-state index < -0.39 is 5.82 Å². The molecule has 0 saturated carbocycles. The van der Waals surface area contributed by atoms with Crippen LogP contribution in [0.4, 0.5) is 4.39 Å². The molecule has 3 aromatic rings. The van der Waals surface area contributed by atoms with Crippen molar-refractivity contribution in [3.8, 4) is 0 Å². The maximum atomic E-state index is 14.0. The van der Waals surface area contributed by atoms with E-state index in [9.17, 15) is 9.18 Å². The van der Waals surface area contributed by atoms with Crippen molar-refractivity contribution in [1.82, 2.24) is 4.90 Å². The van der Waals surface area contributed by atoms with Crippen molar-refractivity contribution in [2.24, 2.45) is 10.2 Å². The second-order valence-electron chi connectivity index (χ2n) is 6.28. The number of carbonyl (C=O) groups is 1. The molecule has 1 amide bonds. The van der Waals surface area contributed by atoms with E-state index in [1.54, 1.807) is 42.8 Å². The van der Waals surface area contributed by atoms with Gasteiger partial charge in [0.15, 0.2) is 5.17 Å². The highest BCUT2D eigenvalue weighted by Crippen LogP contribution is 2.34. The first kappa shape index (κ1) is 20.3. The summed E-state index contributed by atoms with van der Waals surface area (Å²) < 4.78 is 20.3. The Labute approximate surface area is 185 Å². The monoisotopic (exact) mass is 483 g/mol. The van der Waals surface area contributed by atoms with Gasteiger partial charge >= 0.3 is 0 Å². The minimum Gasteiger partial charge on any atom is -0.467 e. The lowest BCUT2D eigenvalue weighted by molar-refractivity contribution is -0.122. The average Bonchev–Trinajstić information content (AvgIpc) is 3.34. The number of nitrogens with zero attached hydrogens (tertiary/aromatic N) is 3. The second-order valence-corrected chi connectivity index (χ2v) is 8.21. The van der Waals surface area contributed by atoms with Gasteiger partial charge in [-0.25, -0.2) is 4.39 Å². The number of amides is 1. The summed E-state index contributed by atoms with van der Waals surface area (Å²) in [5.41, 5.74) is 1.20. The number of amidine groups is 1. The maximum absolute atomic E-state index is 14.0. The zero-order valence-corrected chi connectivity index (χ0v) is 17.9. The van der Waals surface area contributed by atoms with E-state index in [0.717, 1.165) is 21.8 Å². The number of carbonyl (C=O) groups excluding carboxylic acids is 1. The molecule has 2 aromatic carbocycles. The average molecular weight is 484 g/mol. The molecule has 1 aromatic heterocycles. The van der Waals surface area contributed by atoms with E-state index in [4.69, 9.17) is 4.42 Å². The standard InChI is InChI=1S/C22H15BrFN3O2S/c23-17-7-3-5-15(11-17)13-25-26-22-27(14-18-8-4-10-29-18)21(28)20(30-22)12-16-6-1-2-9-19(16)24/h1-13H,14H2/b20-12-,25-13+,26-22-. The number of thioether (sulfide) groups is 1. The molecule has 0 atom stereocenters. The third-order valence-electron chi connectivity index (χ3n) is 4.17. The third kappa shape index (κ3) is 4.77. The van der Waals surface area contributed by atoms with E-state index in [1.807, 2.05) is 24.3 Å². The van der Waals surface area contributed by atoms with Gasteiger partial charge < -0.3 is 4.42 Å². The highest BCUT2D eigenvalue weighted by atomic mass is 79.9. The van der Waals surface area contributed by atoms with Crippen molar-refractivity contribution in [2.75, 3.05) is 0 Å². The highest BCUT2D eigenvalue weighted by Gasteiger charge is 2.34. The van der Waals surface area contributed by atoms with E-state index in [2.05, 4.69) is 26.1 Å². The zero-order chi connectivity index (χ0) is 20.9. The van der Waals surface area contributed by atoms with Gasteiger partial charge in [0.2, 0.25) is 0 Å². The molecule has 8 heteroatoms. The first-order valence-corrected chi connectivity index (χ1v) is 10.6. The smallest absolute Gasteiger partial charge is 0.267 e. The van der Waals surface area contributed by atoms with Crippen LogP contribution in [0.2, 0.25) is 0 Å². The fourth-order valence-corrected chi connectivity index (χ4v) is 4.09. The Kier molecular flexibility index (Phi) is 6.25. The number of rotatable bonds is 5. The van der Waals surface area contributed by atoms with Crippen LogP contribution in [0.25, 0.3) is 6.08 Å². The minimum atomic E-state index is -0.394. The quantitative estimate of drug-likeness (QED) is 0.266. The molecule has 2 heterocycles. The van der Waals surface area contributed by atoms with Gasteiger partial charge in [0.05, 0.1) is 23.9 Å². The molecule has 5 nitrogen and oxygen atoms in total. The molecule has 30 heavy (non-hydrogen) atoms. The predicted octanol–water partition coefficient (Wildman–Crippen LogP) is 5.69. The Hall–Kier alpha value is -2.97. The van der Waals surface area contributed by atoms with Crippen molar-refractivity contribution in [3.63, 3.8) is 0 Å². The Balaban J connectivity index is 1.64. The van der Waals surface area contributed by atoms with Crippen LogP contribution in [0, 0.1) is 5.82 Å². The maximum Gasteiger partial charge on any atom is 0.267 e. The number of hydrogen-bond acceptors (Lipinski definition) is 5. The van der Waals surface area contributed by atoms with Gasteiger partial charge in [-0.1, -0.05) is 46.3 Å². The van der Waals surface area contributed by atoms with Crippen LogP contribution in [0.1, 0.15) is 16.9 Å². The van der Waals surface area contributed by atoms with Gasteiger partial charge in [0.1, 0.15) is 11.6 Å². The molecular formula is C22H15BrFN3O2S. The van der Waals surface area contributed by atoms with Gasteiger partial charge in [0.25, 0.3) is 5.91 Å². The van der Waals surface area contributed by atoms with Crippen LogP contribution in [0.3, 0.4) is 0 Å². The van der Waals surface area contributed by atoms with Crippen LogP contribution in [0.15, 0.2) is 90.9 Å². The summed E-state index contributed by atoms with van der Waals surface area (Å²) in [6.07, 6.45) is 4.67. The van der Waals surface area contributed by atoms with E-state index in [0.29, 0.717) is 21.4 Å². The topological polar surface area (TPSA) is 58.2 Å². The van der Waals surface area contributed by atoms with Crippen molar-refractivity contribution >= 4 is 51.1 Å². The van der Waals surface area contributed by atoms with Crippen LogP contribution in [-0.2, 0) is 11.3 Å². The summed E-state index contributed by atoms with van der Waals surface area (Å²) in [5, 5.41) is 8.76. The molecule has 1 aliphatic rings. The molecule has 0 unspecified atom stereocenters. The lowest BCUT2D eigenvalue weighted by Gasteiger charge is -2.12. The first-order valence-electron chi connectivity index (χ1n) is 8.95. The Morgan fingerprint density at radius 2 is 2.00 bits per heavy atom. The molecule has 0 aliphatic carbocycles. The lowest BCUT2D eigenvalue weighted by atomic mass is 10.2. The lowest BCUT2D eigenvalue weighted by Crippen LogP contribution is -2.28. The highest BCUT2D eigenvalue weighted by molar-refractivity contribution is 9.10. The fraction of sp³-hybridized carbons (Fsp3) is 0.0455. The molecule has 4 rings (SSSR count). The summed E-state index contributed by atoms with van der Waals surface area (Å²) in [7, 11) is 0. The Morgan fingerprint density at radius 1 is 1.13 bits per heavy atom. The van der Waals surface area contributed by atoms with Crippen LogP contribution in [-0.4, -0.2) is 22.2 Å². The van der Waals surface area contributed by atoms with Crippen molar-refractivity contribution in [1.29, 1.82) is 0 Å². The summed E-state index contributed by atoms with van der Waals surface area (Å²) in [6, 6.07) is 17.4. The minimum absolute atomic E-state index is 0.207. The van der Waals surface area contributed by atoms with E-state index in [-0.39, 0.29) is 12.5 Å². The molecule has 1 fully saturated rings. The van der Waals surface area contributed by atoms with Crippen molar-refractivity contribution < 1.29 is 13.6 Å². The molecule has 0 bridgehead atoms. The van der Waals surface area contributed by atoms with Gasteiger partial charge in [-0.15, -0.1) is 5.10 Å². The van der Waals surface area contributed by atoms with E-state index >= 15 is 0 Å². The third-order valence-corrected chi connectivity index (χ3v) is 5.66. The SMILES string of the molecule is O=C1/C(=C/c2ccccc2F)S/C(=N\N=C\c2cccc(Br)c2)N1Cc1ccco1. The summed E-state index contributed by atoms with van der Waals surface area (Å²) in [6.45, 7) is 0.207. The number of benzene rings is 2. The number of furan rings is 1. The van der Waals surface area contributed by atoms with Gasteiger partial charge in [0, 0.05) is 10.0 Å².